The van der Waals surface area contributed by atoms with Crippen molar-refractivity contribution in [2.75, 3.05) is 19.2 Å². The Morgan fingerprint density at radius 3 is 1.82 bits per heavy atom. The standard InChI is InChI=1S/C36H22F5IO4.CH2Cl2/c1-44-17-45-26-15-14-25(46-35(43)18-10-12-19(42)13-11-18)28-27-20-6-2-4-8-23(20)36(29(26)28,24-9-5-3-7-21(24)27)16-22-30(37)32(39)34(41)33(40)31(22)38;2-1-3/h2-15,27H,16-17H2,1H3;1H2. The van der Waals surface area contributed by atoms with Crippen LogP contribution in [0.4, 0.5) is 22.0 Å². The quantitative estimate of drug-likeness (QED) is 0.0240. The van der Waals surface area contributed by atoms with Crippen LogP contribution in [0.15, 0.2) is 84.9 Å². The molecule has 0 N–H and O–H groups in total. The third-order valence-corrected chi connectivity index (χ3v) is 9.42. The van der Waals surface area contributed by atoms with Gasteiger partial charge in [0.15, 0.2) is 30.1 Å². The number of alkyl halides is 2. The summed E-state index contributed by atoms with van der Waals surface area (Å²) in [6.45, 7) is -0.208. The van der Waals surface area contributed by atoms with Gasteiger partial charge in [0.25, 0.3) is 0 Å². The molecule has 0 amide bonds. The molecule has 4 nitrogen and oxygen atoms in total. The van der Waals surface area contributed by atoms with Gasteiger partial charge in [-0.2, -0.15) is 0 Å². The minimum atomic E-state index is -2.24. The molecular weight excluding hydrogens is 801 g/mol. The Bertz CT molecular complexity index is 2000. The van der Waals surface area contributed by atoms with Gasteiger partial charge in [-0.25, -0.2) is 26.7 Å². The van der Waals surface area contributed by atoms with Crippen molar-refractivity contribution in [2.45, 2.75) is 17.8 Å². The summed E-state index contributed by atoms with van der Waals surface area (Å²) in [5, 5.41) is 0.194. The van der Waals surface area contributed by atoms with Gasteiger partial charge in [0.2, 0.25) is 5.82 Å². The van der Waals surface area contributed by atoms with Crippen LogP contribution in [0.3, 0.4) is 0 Å². The van der Waals surface area contributed by atoms with Crippen LogP contribution in [0, 0.1) is 32.7 Å². The molecule has 0 spiro atoms. The third kappa shape index (κ3) is 5.86. The van der Waals surface area contributed by atoms with Crippen LogP contribution in [0.1, 0.15) is 55.2 Å². The molecule has 49 heavy (non-hydrogen) atoms. The van der Waals surface area contributed by atoms with Crippen molar-refractivity contribution in [1.29, 1.82) is 0 Å². The van der Waals surface area contributed by atoms with Crippen LogP contribution in [-0.2, 0) is 16.6 Å². The second kappa shape index (κ2) is 14.3. The first-order chi connectivity index (χ1) is 23.6. The van der Waals surface area contributed by atoms with Crippen molar-refractivity contribution < 1.29 is 41.0 Å². The Morgan fingerprint density at radius 2 is 1.27 bits per heavy atom. The van der Waals surface area contributed by atoms with E-state index in [1.807, 2.05) is 12.1 Å². The molecule has 5 aromatic rings. The average molecular weight is 825 g/mol. The number of rotatable bonds is 7. The second-order valence-electron chi connectivity index (χ2n) is 11.1. The summed E-state index contributed by atoms with van der Waals surface area (Å²) in [5.74, 6) is -10.9. The highest BCUT2D eigenvalue weighted by molar-refractivity contribution is 14.1. The highest BCUT2D eigenvalue weighted by Crippen LogP contribution is 2.64. The maximum Gasteiger partial charge on any atom is 0.343 e. The number of hydrogen-bond donors (Lipinski definition) is 0. The molecule has 3 aliphatic carbocycles. The van der Waals surface area contributed by atoms with E-state index in [0.29, 0.717) is 27.8 Å². The molecule has 0 atom stereocenters. The summed E-state index contributed by atoms with van der Waals surface area (Å²) in [6, 6.07) is 24.3. The van der Waals surface area contributed by atoms with E-state index in [0.717, 1.165) is 14.7 Å². The van der Waals surface area contributed by atoms with Crippen LogP contribution in [0.5, 0.6) is 11.5 Å². The maximum atomic E-state index is 15.5. The van der Waals surface area contributed by atoms with E-state index < -0.39 is 58.4 Å². The molecule has 252 valence electrons. The highest BCUT2D eigenvalue weighted by atomic mass is 127. The summed E-state index contributed by atoms with van der Waals surface area (Å²) < 4.78 is 92.8. The third-order valence-electron chi connectivity index (χ3n) is 8.70. The first-order valence-electron chi connectivity index (χ1n) is 14.7. The fourth-order valence-electron chi connectivity index (χ4n) is 6.90. The summed E-state index contributed by atoms with van der Waals surface area (Å²) >= 11 is 11.7. The van der Waals surface area contributed by atoms with Crippen molar-refractivity contribution >= 4 is 51.8 Å². The molecule has 0 radical (unpaired) electrons. The summed E-state index contributed by atoms with van der Waals surface area (Å²) in [4.78, 5) is 13.4. The molecule has 8 rings (SSSR count). The molecule has 5 aromatic carbocycles. The van der Waals surface area contributed by atoms with E-state index in [1.54, 1.807) is 72.8 Å². The van der Waals surface area contributed by atoms with Crippen LogP contribution in [-0.4, -0.2) is 25.2 Å². The van der Waals surface area contributed by atoms with Gasteiger partial charge in [-0.1, -0.05) is 48.5 Å². The van der Waals surface area contributed by atoms with Gasteiger partial charge < -0.3 is 14.2 Å². The molecule has 0 unspecified atom stereocenters. The molecule has 0 fully saturated rings. The Kier molecular flexibility index (Phi) is 10.2. The first-order valence-corrected chi connectivity index (χ1v) is 16.8. The minimum absolute atomic E-state index is 0.166. The fraction of sp³-hybridized carbons (Fsp3) is 0.162. The van der Waals surface area contributed by atoms with E-state index in [9.17, 15) is 18.0 Å². The topological polar surface area (TPSA) is 44.8 Å². The van der Waals surface area contributed by atoms with Crippen molar-refractivity contribution in [3.63, 3.8) is 0 Å². The number of halogens is 8. The molecule has 0 heterocycles. The zero-order valence-corrected chi connectivity index (χ0v) is 29.1. The van der Waals surface area contributed by atoms with Crippen molar-refractivity contribution in [1.82, 2.24) is 0 Å². The van der Waals surface area contributed by atoms with Crippen LogP contribution in [0.25, 0.3) is 0 Å². The number of hydrogen-bond acceptors (Lipinski definition) is 4. The van der Waals surface area contributed by atoms with Gasteiger partial charge >= 0.3 is 5.97 Å². The predicted octanol–water partition coefficient (Wildman–Crippen LogP) is 9.99. The maximum absolute atomic E-state index is 15.5. The molecule has 2 bridgehead atoms. The van der Waals surface area contributed by atoms with E-state index in [-0.39, 0.29) is 23.6 Å². The lowest BCUT2D eigenvalue weighted by atomic mass is 9.51. The predicted molar refractivity (Wildman–Crippen MR) is 183 cm³/mol. The zero-order valence-electron chi connectivity index (χ0n) is 25.4. The average Bonchev–Trinajstić information content (AvgIpc) is 3.12. The molecule has 12 heteroatoms. The highest BCUT2D eigenvalue weighted by Gasteiger charge is 2.55. The second-order valence-corrected chi connectivity index (χ2v) is 13.2. The lowest BCUT2D eigenvalue weighted by Crippen LogP contribution is -2.45. The van der Waals surface area contributed by atoms with Gasteiger partial charge in [0.05, 0.1) is 16.3 Å². The van der Waals surface area contributed by atoms with Crippen LogP contribution < -0.4 is 9.47 Å². The molecule has 0 saturated carbocycles. The van der Waals surface area contributed by atoms with Gasteiger partial charge in [-0.3, -0.25) is 0 Å². The van der Waals surface area contributed by atoms with Crippen molar-refractivity contribution in [3.05, 3.63) is 162 Å². The number of ether oxygens (including phenoxy) is 3. The Hall–Kier alpha value is -3.71. The molecular formula is C37H24Cl2F5IO4. The van der Waals surface area contributed by atoms with E-state index >= 15 is 8.78 Å². The smallest absolute Gasteiger partial charge is 0.343 e. The van der Waals surface area contributed by atoms with E-state index in [4.69, 9.17) is 37.4 Å². The van der Waals surface area contributed by atoms with Gasteiger partial charge in [-0.15, -0.1) is 23.2 Å². The summed E-state index contributed by atoms with van der Waals surface area (Å²) in [5.41, 5.74) is 1.29. The Balaban J connectivity index is 0.00000134. The number of methoxy groups -OCH3 is 1. The number of carbonyl (C=O) groups is 1. The monoisotopic (exact) mass is 824 g/mol. The van der Waals surface area contributed by atoms with Gasteiger partial charge in [0, 0.05) is 33.3 Å². The molecule has 0 aromatic heterocycles. The minimum Gasteiger partial charge on any atom is -0.467 e. The van der Waals surface area contributed by atoms with Crippen molar-refractivity contribution in [2.24, 2.45) is 0 Å². The molecule has 0 saturated heterocycles. The lowest BCUT2D eigenvalue weighted by Gasteiger charge is -2.51. The SMILES string of the molecule is COCOc1ccc(OC(=O)c2ccc(I)cc2)c2c1C1(Cc3c(F)c(F)c(F)c(F)c3F)c3ccccc3C2c2ccccc21.ClCCl. The van der Waals surface area contributed by atoms with Crippen LogP contribution in [0.2, 0.25) is 0 Å². The zero-order chi connectivity index (χ0) is 35.0. The first kappa shape index (κ1) is 35.1. The summed E-state index contributed by atoms with van der Waals surface area (Å²) in [7, 11) is 1.42. The van der Waals surface area contributed by atoms with Crippen LogP contribution >= 0.6 is 45.8 Å². The van der Waals surface area contributed by atoms with Crippen molar-refractivity contribution in [3.8, 4) is 11.5 Å². The van der Waals surface area contributed by atoms with Gasteiger partial charge in [0.1, 0.15) is 11.5 Å². The Labute approximate surface area is 301 Å². The summed E-state index contributed by atoms with van der Waals surface area (Å²) in [6.07, 6.45) is -0.662. The fourth-order valence-corrected chi connectivity index (χ4v) is 7.26. The lowest BCUT2D eigenvalue weighted by molar-refractivity contribution is 0.0495. The number of benzene rings is 5. The van der Waals surface area contributed by atoms with E-state index in [1.165, 1.54) is 7.11 Å². The molecule has 0 aliphatic heterocycles. The number of carbonyl (C=O) groups excluding carboxylic acids is 1. The Morgan fingerprint density at radius 1 is 0.755 bits per heavy atom. The number of esters is 1. The van der Waals surface area contributed by atoms with Gasteiger partial charge in [-0.05, 0) is 87.7 Å². The van der Waals surface area contributed by atoms with E-state index in [2.05, 4.69) is 22.6 Å². The normalized spacial score (nSPS) is 16.6. The molecule has 3 aliphatic rings. The largest absolute Gasteiger partial charge is 0.467 e.